The van der Waals surface area contributed by atoms with Crippen LogP contribution in [0.15, 0.2) is 78.9 Å². The van der Waals surface area contributed by atoms with Gasteiger partial charge in [0, 0.05) is 13.0 Å². The summed E-state index contributed by atoms with van der Waals surface area (Å²) >= 11 is 6.01. The molecule has 0 aliphatic carbocycles. The second kappa shape index (κ2) is 9.89. The van der Waals surface area contributed by atoms with E-state index in [1.807, 2.05) is 37.3 Å². The van der Waals surface area contributed by atoms with Crippen molar-refractivity contribution in [2.75, 3.05) is 6.54 Å². The molecular formula is C24H23ClN2O2. The minimum atomic E-state index is -0.284. The third-order valence-electron chi connectivity index (χ3n) is 4.65. The van der Waals surface area contributed by atoms with Crippen molar-refractivity contribution in [1.82, 2.24) is 10.6 Å². The maximum atomic E-state index is 12.2. The van der Waals surface area contributed by atoms with E-state index < -0.39 is 0 Å². The molecule has 0 aromatic heterocycles. The highest BCUT2D eigenvalue weighted by molar-refractivity contribution is 6.33. The number of hydrogen-bond acceptors (Lipinski definition) is 2. The molecule has 0 aliphatic rings. The van der Waals surface area contributed by atoms with Crippen molar-refractivity contribution in [1.29, 1.82) is 0 Å². The molecule has 3 aromatic rings. The molecule has 0 heterocycles. The molecule has 0 saturated carbocycles. The summed E-state index contributed by atoms with van der Waals surface area (Å²) in [4.78, 5) is 24.3. The number of carbonyl (C=O) groups is 2. The van der Waals surface area contributed by atoms with Gasteiger partial charge in [-0.05, 0) is 35.7 Å². The molecule has 0 aliphatic heterocycles. The molecule has 3 rings (SSSR count). The maximum absolute atomic E-state index is 12.2. The summed E-state index contributed by atoms with van der Waals surface area (Å²) in [7, 11) is 0. The van der Waals surface area contributed by atoms with Crippen LogP contribution in [0.4, 0.5) is 0 Å². The largest absolute Gasteiger partial charge is 0.351 e. The molecule has 0 spiro atoms. The van der Waals surface area contributed by atoms with Gasteiger partial charge >= 0.3 is 0 Å². The van der Waals surface area contributed by atoms with Crippen LogP contribution in [-0.4, -0.2) is 18.4 Å². The first kappa shape index (κ1) is 20.6. The second-order valence-corrected chi connectivity index (χ2v) is 7.17. The normalized spacial score (nSPS) is 11.5. The highest BCUT2D eigenvalue weighted by Crippen LogP contribution is 2.21. The van der Waals surface area contributed by atoms with Crippen molar-refractivity contribution in [2.24, 2.45) is 0 Å². The van der Waals surface area contributed by atoms with E-state index >= 15 is 0 Å². The van der Waals surface area contributed by atoms with Gasteiger partial charge in [0.1, 0.15) is 0 Å². The monoisotopic (exact) mass is 406 g/mol. The van der Waals surface area contributed by atoms with Crippen LogP contribution in [0.2, 0.25) is 5.02 Å². The van der Waals surface area contributed by atoms with E-state index in [1.54, 1.807) is 24.3 Å². The molecule has 0 fully saturated rings. The quantitative estimate of drug-likeness (QED) is 0.579. The zero-order valence-electron chi connectivity index (χ0n) is 16.2. The van der Waals surface area contributed by atoms with Crippen LogP contribution in [-0.2, 0) is 4.79 Å². The summed E-state index contributed by atoms with van der Waals surface area (Å²) < 4.78 is 0. The standard InChI is InChI=1S/C24H23ClN2O2/c1-17(18-11-13-20(14-12-18)19-7-3-2-4-8-19)27-23(28)15-16-26-24(29)21-9-5-6-10-22(21)25/h2-14,17H,15-16H2,1H3,(H,26,29)(H,27,28)/t17-/m1/s1. The third-order valence-corrected chi connectivity index (χ3v) is 4.98. The number of benzene rings is 3. The molecule has 29 heavy (non-hydrogen) atoms. The molecule has 0 radical (unpaired) electrons. The number of hydrogen-bond donors (Lipinski definition) is 2. The SMILES string of the molecule is C[C@@H](NC(=O)CCNC(=O)c1ccccc1Cl)c1ccc(-c2ccccc2)cc1. The zero-order valence-corrected chi connectivity index (χ0v) is 16.9. The number of halogens is 1. The molecular weight excluding hydrogens is 384 g/mol. The molecule has 148 valence electrons. The van der Waals surface area contributed by atoms with Crippen molar-refractivity contribution in [3.63, 3.8) is 0 Å². The summed E-state index contributed by atoms with van der Waals surface area (Å²) in [5, 5.41) is 6.08. The maximum Gasteiger partial charge on any atom is 0.252 e. The number of carbonyl (C=O) groups excluding carboxylic acids is 2. The summed E-state index contributed by atoms with van der Waals surface area (Å²) in [5.41, 5.74) is 3.72. The van der Waals surface area contributed by atoms with Gasteiger partial charge in [-0.15, -0.1) is 0 Å². The highest BCUT2D eigenvalue weighted by Gasteiger charge is 2.12. The highest BCUT2D eigenvalue weighted by atomic mass is 35.5. The lowest BCUT2D eigenvalue weighted by molar-refractivity contribution is -0.121. The van der Waals surface area contributed by atoms with Crippen molar-refractivity contribution >= 4 is 23.4 Å². The molecule has 0 saturated heterocycles. The Balaban J connectivity index is 1.48. The minimum Gasteiger partial charge on any atom is -0.351 e. The topological polar surface area (TPSA) is 58.2 Å². The molecule has 3 aromatic carbocycles. The molecule has 0 bridgehead atoms. The van der Waals surface area contributed by atoms with Gasteiger partial charge in [-0.3, -0.25) is 9.59 Å². The average molecular weight is 407 g/mol. The first-order valence-corrected chi connectivity index (χ1v) is 9.90. The van der Waals surface area contributed by atoms with Gasteiger partial charge in [0.05, 0.1) is 16.6 Å². The Bertz CT molecular complexity index is 972. The van der Waals surface area contributed by atoms with Gasteiger partial charge in [0.25, 0.3) is 5.91 Å². The van der Waals surface area contributed by atoms with Crippen LogP contribution in [0.1, 0.15) is 35.3 Å². The predicted octanol–water partition coefficient (Wildman–Crippen LogP) is 5.00. The molecule has 5 heteroatoms. The van der Waals surface area contributed by atoms with Crippen LogP contribution >= 0.6 is 11.6 Å². The fourth-order valence-electron chi connectivity index (χ4n) is 3.02. The number of nitrogens with one attached hydrogen (secondary N) is 2. The molecule has 2 N–H and O–H groups in total. The van der Waals surface area contributed by atoms with Crippen molar-refractivity contribution in [3.8, 4) is 11.1 Å². The molecule has 2 amide bonds. The number of rotatable bonds is 7. The summed E-state index contributed by atoms with van der Waals surface area (Å²) in [6.07, 6.45) is 0.197. The van der Waals surface area contributed by atoms with Crippen LogP contribution < -0.4 is 10.6 Å². The Hall–Kier alpha value is -3.11. The van der Waals surface area contributed by atoms with Crippen molar-refractivity contribution < 1.29 is 9.59 Å². The molecule has 1 atom stereocenters. The summed E-state index contributed by atoms with van der Waals surface area (Å²) in [6, 6.07) is 25.0. The first-order valence-electron chi connectivity index (χ1n) is 9.52. The first-order chi connectivity index (χ1) is 14.0. The van der Waals surface area contributed by atoms with Crippen LogP contribution in [0.3, 0.4) is 0 Å². The van der Waals surface area contributed by atoms with E-state index in [0.717, 1.165) is 16.7 Å². The molecule has 0 unspecified atom stereocenters. The van der Waals surface area contributed by atoms with Gasteiger partial charge in [-0.25, -0.2) is 0 Å². The molecule has 4 nitrogen and oxygen atoms in total. The average Bonchev–Trinajstić information content (AvgIpc) is 2.74. The fourth-order valence-corrected chi connectivity index (χ4v) is 3.24. The summed E-state index contributed by atoms with van der Waals surface area (Å²) in [5.74, 6) is -0.406. The lowest BCUT2D eigenvalue weighted by Gasteiger charge is -2.15. The van der Waals surface area contributed by atoms with E-state index in [9.17, 15) is 9.59 Å². The van der Waals surface area contributed by atoms with Gasteiger partial charge in [0.2, 0.25) is 5.91 Å². The smallest absolute Gasteiger partial charge is 0.252 e. The Morgan fingerprint density at radius 2 is 1.48 bits per heavy atom. The van der Waals surface area contributed by atoms with Gasteiger partial charge in [-0.2, -0.15) is 0 Å². The number of amides is 2. The van der Waals surface area contributed by atoms with Crippen LogP contribution in [0, 0.1) is 0 Å². The van der Waals surface area contributed by atoms with Gasteiger partial charge in [0.15, 0.2) is 0 Å². The van der Waals surface area contributed by atoms with E-state index in [0.29, 0.717) is 10.6 Å². The lowest BCUT2D eigenvalue weighted by atomic mass is 10.0. The Morgan fingerprint density at radius 1 is 0.862 bits per heavy atom. The van der Waals surface area contributed by atoms with Crippen molar-refractivity contribution in [3.05, 3.63) is 95.0 Å². The van der Waals surface area contributed by atoms with Crippen LogP contribution in [0.5, 0.6) is 0 Å². The lowest BCUT2D eigenvalue weighted by Crippen LogP contribution is -2.32. The second-order valence-electron chi connectivity index (χ2n) is 6.76. The Kier molecular flexibility index (Phi) is 7.04. The predicted molar refractivity (Wildman–Crippen MR) is 117 cm³/mol. The summed E-state index contributed by atoms with van der Waals surface area (Å²) in [6.45, 7) is 2.19. The fraction of sp³-hybridized carbons (Fsp3) is 0.167. The Morgan fingerprint density at radius 3 is 2.17 bits per heavy atom. The third kappa shape index (κ3) is 5.69. The van der Waals surface area contributed by atoms with Gasteiger partial charge in [-0.1, -0.05) is 78.3 Å². The zero-order chi connectivity index (χ0) is 20.6. The minimum absolute atomic E-state index is 0.119. The van der Waals surface area contributed by atoms with E-state index in [4.69, 9.17) is 11.6 Å². The van der Waals surface area contributed by atoms with Crippen LogP contribution in [0.25, 0.3) is 11.1 Å². The van der Waals surface area contributed by atoms with Gasteiger partial charge < -0.3 is 10.6 Å². The van der Waals surface area contributed by atoms with E-state index in [-0.39, 0.29) is 30.8 Å². The Labute approximate surface area is 175 Å². The van der Waals surface area contributed by atoms with E-state index in [2.05, 4.69) is 34.9 Å². The van der Waals surface area contributed by atoms with E-state index in [1.165, 1.54) is 0 Å². The van der Waals surface area contributed by atoms with Crippen molar-refractivity contribution in [2.45, 2.75) is 19.4 Å².